The van der Waals surface area contributed by atoms with Gasteiger partial charge in [0.05, 0.1) is 15.7 Å². The fourth-order valence-corrected chi connectivity index (χ4v) is 5.97. The molecule has 0 unspecified atom stereocenters. The third-order valence-corrected chi connectivity index (χ3v) is 8.56. The SMILES string of the molecule is Cc1ccc([N+](=O)[O-])cc1S(=O)(=O)N1CCC(C(=O)O[C@H](C)C(=O)N2CCC(C)CC2)CC1. The van der Waals surface area contributed by atoms with Gasteiger partial charge in [-0.05, 0) is 51.0 Å². The number of sulfonamides is 1. The van der Waals surface area contributed by atoms with Crippen molar-refractivity contribution in [3.63, 3.8) is 0 Å². The van der Waals surface area contributed by atoms with Gasteiger partial charge in [-0.15, -0.1) is 0 Å². The van der Waals surface area contributed by atoms with Crippen LogP contribution >= 0.6 is 0 Å². The minimum absolute atomic E-state index is 0.0938. The van der Waals surface area contributed by atoms with E-state index in [9.17, 15) is 28.1 Å². The molecule has 0 aliphatic carbocycles. The number of benzene rings is 1. The fraction of sp³-hybridized carbons (Fsp3) is 0.636. The van der Waals surface area contributed by atoms with Crippen molar-refractivity contribution < 1.29 is 27.7 Å². The normalized spacial score (nSPS) is 19.8. The Balaban J connectivity index is 1.58. The molecule has 10 nitrogen and oxygen atoms in total. The number of esters is 1. The molecular weight excluding hydrogens is 450 g/mol. The van der Waals surface area contributed by atoms with E-state index < -0.39 is 32.9 Å². The summed E-state index contributed by atoms with van der Waals surface area (Å²) in [5.74, 6) is -0.611. The Hall–Kier alpha value is -2.53. The molecule has 2 aliphatic rings. The van der Waals surface area contributed by atoms with E-state index in [4.69, 9.17) is 4.74 Å². The van der Waals surface area contributed by atoms with Crippen LogP contribution in [-0.4, -0.2) is 66.7 Å². The van der Waals surface area contributed by atoms with Crippen LogP contribution in [0.25, 0.3) is 0 Å². The summed E-state index contributed by atoms with van der Waals surface area (Å²) < 4.78 is 32.8. The monoisotopic (exact) mass is 481 g/mol. The van der Waals surface area contributed by atoms with Gasteiger partial charge in [0, 0.05) is 38.3 Å². The van der Waals surface area contributed by atoms with Gasteiger partial charge in [0.25, 0.3) is 11.6 Å². The predicted octanol–water partition coefficient (Wildman–Crippen LogP) is 2.49. The highest BCUT2D eigenvalue weighted by Gasteiger charge is 2.35. The first-order chi connectivity index (χ1) is 15.5. The molecule has 2 saturated heterocycles. The van der Waals surface area contributed by atoms with E-state index in [1.165, 1.54) is 16.4 Å². The molecule has 0 spiro atoms. The number of hydrogen-bond donors (Lipinski definition) is 0. The number of carbonyl (C=O) groups excluding carboxylic acids is 2. The van der Waals surface area contributed by atoms with Gasteiger partial charge in [0.1, 0.15) is 0 Å². The Bertz CT molecular complexity index is 1010. The number of likely N-dealkylation sites (tertiary alicyclic amines) is 1. The number of nitrogens with zero attached hydrogens (tertiary/aromatic N) is 3. The van der Waals surface area contributed by atoms with Crippen molar-refractivity contribution in [1.82, 2.24) is 9.21 Å². The Morgan fingerprint density at radius 1 is 1.12 bits per heavy atom. The van der Waals surface area contributed by atoms with Gasteiger partial charge in [-0.3, -0.25) is 19.7 Å². The molecule has 0 radical (unpaired) electrons. The second-order valence-corrected chi connectivity index (χ2v) is 10.9. The third kappa shape index (κ3) is 5.70. The van der Waals surface area contributed by atoms with Crippen molar-refractivity contribution in [2.24, 2.45) is 11.8 Å². The van der Waals surface area contributed by atoms with E-state index in [-0.39, 0.29) is 42.4 Å². The molecule has 0 saturated carbocycles. The zero-order chi connectivity index (χ0) is 24.3. The van der Waals surface area contributed by atoms with E-state index in [2.05, 4.69) is 6.92 Å². The molecule has 3 rings (SSSR count). The Labute approximate surface area is 194 Å². The highest BCUT2D eigenvalue weighted by molar-refractivity contribution is 7.89. The Morgan fingerprint density at radius 2 is 1.73 bits per heavy atom. The number of aryl methyl sites for hydroxylation is 1. The van der Waals surface area contributed by atoms with Crippen LogP contribution in [0.5, 0.6) is 0 Å². The highest BCUT2D eigenvalue weighted by atomic mass is 32.2. The molecule has 11 heteroatoms. The molecule has 1 amide bonds. The lowest BCUT2D eigenvalue weighted by atomic mass is 9.98. The highest BCUT2D eigenvalue weighted by Crippen LogP contribution is 2.29. The number of ether oxygens (including phenoxy) is 1. The predicted molar refractivity (Wildman–Crippen MR) is 120 cm³/mol. The second-order valence-electron chi connectivity index (χ2n) is 8.97. The minimum atomic E-state index is -3.94. The molecule has 33 heavy (non-hydrogen) atoms. The number of non-ortho nitro benzene ring substituents is 1. The van der Waals surface area contributed by atoms with Crippen molar-refractivity contribution in [2.75, 3.05) is 26.2 Å². The summed E-state index contributed by atoms with van der Waals surface area (Å²) in [5.41, 5.74) is 0.126. The van der Waals surface area contributed by atoms with Crippen LogP contribution in [-0.2, 0) is 24.3 Å². The maximum absolute atomic E-state index is 13.1. The quantitative estimate of drug-likeness (QED) is 0.347. The maximum atomic E-state index is 13.1. The summed E-state index contributed by atoms with van der Waals surface area (Å²) in [6.45, 7) is 6.82. The van der Waals surface area contributed by atoms with Crippen LogP contribution < -0.4 is 0 Å². The summed E-state index contributed by atoms with van der Waals surface area (Å²) in [6, 6.07) is 3.75. The molecule has 0 bridgehead atoms. The standard InChI is InChI=1S/C22H31N3O7S/c1-15-6-10-23(11-7-15)21(26)17(3)32-22(27)18-8-12-24(13-9-18)33(30,31)20-14-19(25(28)29)5-4-16(20)2/h4-5,14-15,17-18H,6-13H2,1-3H3/t17-/m1/s1. The van der Waals surface area contributed by atoms with Crippen molar-refractivity contribution in [3.8, 4) is 0 Å². The Morgan fingerprint density at radius 3 is 2.30 bits per heavy atom. The first kappa shape index (κ1) is 25.1. The van der Waals surface area contributed by atoms with Crippen LogP contribution in [0.2, 0.25) is 0 Å². The molecule has 0 aromatic heterocycles. The summed E-state index contributed by atoms with van der Waals surface area (Å²) in [5, 5.41) is 11.1. The molecule has 2 heterocycles. The number of carbonyl (C=O) groups is 2. The third-order valence-electron chi connectivity index (χ3n) is 6.52. The first-order valence-corrected chi connectivity index (χ1v) is 12.7. The van der Waals surface area contributed by atoms with Gasteiger partial charge in [0.15, 0.2) is 6.10 Å². The number of nitro benzene ring substituents is 1. The van der Waals surface area contributed by atoms with Crippen LogP contribution in [0.1, 0.15) is 45.1 Å². The summed E-state index contributed by atoms with van der Waals surface area (Å²) in [4.78, 5) is 37.2. The molecule has 1 aromatic rings. The fourth-order valence-electron chi connectivity index (χ4n) is 4.26. The van der Waals surface area contributed by atoms with Gasteiger partial charge in [-0.2, -0.15) is 4.31 Å². The molecular formula is C22H31N3O7S. The molecule has 1 aromatic carbocycles. The molecule has 1 atom stereocenters. The average molecular weight is 482 g/mol. The van der Waals surface area contributed by atoms with E-state index >= 15 is 0 Å². The van der Waals surface area contributed by atoms with Crippen molar-refractivity contribution in [1.29, 1.82) is 0 Å². The Kier molecular flexibility index (Phi) is 7.73. The number of hydrogen-bond acceptors (Lipinski definition) is 7. The smallest absolute Gasteiger partial charge is 0.309 e. The lowest BCUT2D eigenvalue weighted by Crippen LogP contribution is -2.45. The van der Waals surface area contributed by atoms with Crippen molar-refractivity contribution in [3.05, 3.63) is 33.9 Å². The van der Waals surface area contributed by atoms with Gasteiger partial charge in [0.2, 0.25) is 10.0 Å². The molecule has 2 fully saturated rings. The topological polar surface area (TPSA) is 127 Å². The molecule has 2 aliphatic heterocycles. The summed E-state index contributed by atoms with van der Waals surface area (Å²) >= 11 is 0. The van der Waals surface area contributed by atoms with E-state index in [1.807, 2.05) is 0 Å². The van der Waals surface area contributed by atoms with E-state index in [1.54, 1.807) is 18.7 Å². The van der Waals surface area contributed by atoms with Gasteiger partial charge >= 0.3 is 5.97 Å². The first-order valence-electron chi connectivity index (χ1n) is 11.2. The molecule has 182 valence electrons. The van der Waals surface area contributed by atoms with Crippen molar-refractivity contribution >= 4 is 27.6 Å². The second kappa shape index (κ2) is 10.2. The molecule has 0 N–H and O–H groups in total. The van der Waals surface area contributed by atoms with Gasteiger partial charge < -0.3 is 9.64 Å². The number of amides is 1. The lowest BCUT2D eigenvalue weighted by molar-refractivity contribution is -0.385. The number of nitro groups is 1. The average Bonchev–Trinajstić information content (AvgIpc) is 2.79. The lowest BCUT2D eigenvalue weighted by Gasteiger charge is -2.33. The van der Waals surface area contributed by atoms with E-state index in [0.717, 1.165) is 18.9 Å². The van der Waals surface area contributed by atoms with E-state index in [0.29, 0.717) is 24.6 Å². The van der Waals surface area contributed by atoms with Crippen LogP contribution in [0.15, 0.2) is 23.1 Å². The van der Waals surface area contributed by atoms with Crippen molar-refractivity contribution in [2.45, 2.75) is 57.5 Å². The van der Waals surface area contributed by atoms with Crippen LogP contribution in [0, 0.1) is 28.9 Å². The number of piperidine rings is 2. The summed E-state index contributed by atoms with van der Waals surface area (Å²) in [6.07, 6.45) is 1.51. The largest absolute Gasteiger partial charge is 0.452 e. The zero-order valence-electron chi connectivity index (χ0n) is 19.2. The maximum Gasteiger partial charge on any atom is 0.309 e. The van der Waals surface area contributed by atoms with Gasteiger partial charge in [-0.25, -0.2) is 8.42 Å². The summed E-state index contributed by atoms with van der Waals surface area (Å²) in [7, 11) is -3.94. The zero-order valence-corrected chi connectivity index (χ0v) is 20.0. The van der Waals surface area contributed by atoms with Gasteiger partial charge in [-0.1, -0.05) is 13.0 Å². The van der Waals surface area contributed by atoms with Crippen LogP contribution in [0.4, 0.5) is 5.69 Å². The van der Waals surface area contributed by atoms with Crippen LogP contribution in [0.3, 0.4) is 0 Å². The number of rotatable bonds is 6. The minimum Gasteiger partial charge on any atom is -0.452 e.